The number of fused-ring (bicyclic) bond motifs is 1. The molecule has 2 aromatic carbocycles. The number of hydrogen-bond donors (Lipinski definition) is 1. The third-order valence-electron chi connectivity index (χ3n) is 3.68. The van der Waals surface area contributed by atoms with Gasteiger partial charge in [0.2, 0.25) is 0 Å². The van der Waals surface area contributed by atoms with Crippen molar-refractivity contribution in [3.63, 3.8) is 0 Å². The number of aromatic nitrogens is 1. The van der Waals surface area contributed by atoms with Gasteiger partial charge >= 0.3 is 0 Å². The Morgan fingerprint density at radius 2 is 2.00 bits per heavy atom. The van der Waals surface area contributed by atoms with Crippen LogP contribution < -0.4 is 10.6 Å². The highest BCUT2D eigenvalue weighted by Gasteiger charge is 2.09. The number of benzene rings is 2. The second kappa shape index (κ2) is 5.74. The number of rotatable bonds is 4. The molecule has 0 atom stereocenters. The second-order valence-corrected chi connectivity index (χ2v) is 6.22. The lowest BCUT2D eigenvalue weighted by Crippen LogP contribution is -2.22. The average molecular weight is 297 g/mol. The molecule has 108 valence electrons. The molecule has 0 spiro atoms. The van der Waals surface area contributed by atoms with Crippen molar-refractivity contribution < 1.29 is 0 Å². The summed E-state index contributed by atoms with van der Waals surface area (Å²) >= 11 is 1.55. The van der Waals surface area contributed by atoms with E-state index in [1.165, 1.54) is 16.8 Å². The van der Waals surface area contributed by atoms with Crippen molar-refractivity contribution in [2.75, 3.05) is 17.2 Å². The van der Waals surface area contributed by atoms with Crippen molar-refractivity contribution in [3.05, 3.63) is 53.6 Å². The van der Waals surface area contributed by atoms with E-state index in [9.17, 15) is 0 Å². The number of aryl methyl sites for hydroxylation is 1. The predicted octanol–water partition coefficient (Wildman–Crippen LogP) is 4.21. The molecule has 21 heavy (non-hydrogen) atoms. The molecule has 0 amide bonds. The van der Waals surface area contributed by atoms with Crippen LogP contribution >= 0.6 is 11.3 Å². The maximum atomic E-state index is 5.78. The lowest BCUT2D eigenvalue weighted by atomic mass is 10.1. The Kier molecular flexibility index (Phi) is 3.80. The van der Waals surface area contributed by atoms with Gasteiger partial charge in [-0.1, -0.05) is 35.6 Å². The van der Waals surface area contributed by atoms with Gasteiger partial charge in [-0.15, -0.1) is 0 Å². The molecule has 0 saturated heterocycles. The van der Waals surface area contributed by atoms with E-state index in [4.69, 9.17) is 5.73 Å². The van der Waals surface area contributed by atoms with Crippen molar-refractivity contribution in [1.82, 2.24) is 4.98 Å². The molecule has 1 heterocycles. The minimum absolute atomic E-state index is 0.633. The van der Waals surface area contributed by atoms with Gasteiger partial charge in [-0.05, 0) is 43.2 Å². The van der Waals surface area contributed by atoms with Gasteiger partial charge in [0.1, 0.15) is 0 Å². The molecule has 0 aliphatic heterocycles. The van der Waals surface area contributed by atoms with Crippen LogP contribution in [0, 0.1) is 6.92 Å². The minimum Gasteiger partial charge on any atom is -0.375 e. The van der Waals surface area contributed by atoms with Crippen LogP contribution in [0.5, 0.6) is 0 Å². The molecule has 1 aromatic heterocycles. The van der Waals surface area contributed by atoms with E-state index in [0.29, 0.717) is 5.13 Å². The maximum absolute atomic E-state index is 5.78. The van der Waals surface area contributed by atoms with Crippen LogP contribution in [-0.2, 0) is 6.54 Å². The Morgan fingerprint density at radius 3 is 2.76 bits per heavy atom. The first-order chi connectivity index (χ1) is 10.2. The molecule has 0 unspecified atom stereocenters. The van der Waals surface area contributed by atoms with Gasteiger partial charge in [-0.2, -0.15) is 0 Å². The summed E-state index contributed by atoms with van der Waals surface area (Å²) in [4.78, 5) is 6.70. The molecule has 3 nitrogen and oxygen atoms in total. The first kappa shape index (κ1) is 13.9. The van der Waals surface area contributed by atoms with Crippen LogP contribution in [0.15, 0.2) is 42.5 Å². The Hall–Kier alpha value is -2.07. The quantitative estimate of drug-likeness (QED) is 0.784. The van der Waals surface area contributed by atoms with Gasteiger partial charge in [0, 0.05) is 18.8 Å². The van der Waals surface area contributed by atoms with E-state index in [1.54, 1.807) is 11.3 Å². The topological polar surface area (TPSA) is 42.2 Å². The highest BCUT2D eigenvalue weighted by molar-refractivity contribution is 7.22. The van der Waals surface area contributed by atoms with Crippen LogP contribution in [0.4, 0.5) is 10.8 Å². The molecule has 4 heteroatoms. The van der Waals surface area contributed by atoms with Crippen molar-refractivity contribution in [2.45, 2.75) is 20.4 Å². The van der Waals surface area contributed by atoms with Crippen LogP contribution in [-0.4, -0.2) is 11.5 Å². The highest BCUT2D eigenvalue weighted by atomic mass is 32.1. The largest absolute Gasteiger partial charge is 0.375 e. The summed E-state index contributed by atoms with van der Waals surface area (Å²) in [7, 11) is 0. The third-order valence-corrected chi connectivity index (χ3v) is 4.53. The van der Waals surface area contributed by atoms with Crippen molar-refractivity contribution in [1.29, 1.82) is 0 Å². The van der Waals surface area contributed by atoms with Crippen LogP contribution in [0.3, 0.4) is 0 Å². The summed E-state index contributed by atoms with van der Waals surface area (Å²) < 4.78 is 1.16. The molecule has 2 N–H and O–H groups in total. The van der Waals surface area contributed by atoms with Gasteiger partial charge in [-0.3, -0.25) is 0 Å². The van der Waals surface area contributed by atoms with Crippen LogP contribution in [0.1, 0.15) is 18.1 Å². The molecule has 0 aliphatic rings. The number of anilines is 2. The van der Waals surface area contributed by atoms with E-state index in [-0.39, 0.29) is 0 Å². The summed E-state index contributed by atoms with van der Waals surface area (Å²) in [6, 6.07) is 14.9. The van der Waals surface area contributed by atoms with Gasteiger partial charge in [-0.25, -0.2) is 4.98 Å². The summed E-state index contributed by atoms with van der Waals surface area (Å²) in [6.45, 7) is 6.23. The number of para-hydroxylation sites is 1. The van der Waals surface area contributed by atoms with Gasteiger partial charge in [0.25, 0.3) is 0 Å². The molecule has 0 radical (unpaired) electrons. The average Bonchev–Trinajstić information content (AvgIpc) is 2.85. The van der Waals surface area contributed by atoms with Crippen molar-refractivity contribution in [2.24, 2.45) is 0 Å². The lowest BCUT2D eigenvalue weighted by molar-refractivity contribution is 0.829. The van der Waals surface area contributed by atoms with Crippen LogP contribution in [0.25, 0.3) is 10.2 Å². The number of nitrogens with zero attached hydrogens (tertiary/aromatic N) is 2. The standard InChI is InChI=1S/C17H19N3S/c1-3-20(15-7-5-4-6-12(15)2)11-13-8-9-14-16(10-13)21-17(18)19-14/h4-10H,3,11H2,1-2H3,(H2,18,19). The molecule has 0 saturated carbocycles. The zero-order chi connectivity index (χ0) is 14.8. The zero-order valence-corrected chi connectivity index (χ0v) is 13.2. The van der Waals surface area contributed by atoms with E-state index in [1.807, 2.05) is 0 Å². The fourth-order valence-electron chi connectivity index (χ4n) is 2.59. The molecule has 0 fully saturated rings. The second-order valence-electron chi connectivity index (χ2n) is 5.15. The Balaban J connectivity index is 1.90. The molecule has 0 aliphatic carbocycles. The van der Waals surface area contributed by atoms with E-state index in [0.717, 1.165) is 23.3 Å². The summed E-state index contributed by atoms with van der Waals surface area (Å²) in [5.74, 6) is 0. The Bertz CT molecular complexity index is 764. The fraction of sp³-hybridized carbons (Fsp3) is 0.235. The minimum atomic E-state index is 0.633. The lowest BCUT2D eigenvalue weighted by Gasteiger charge is -2.25. The first-order valence-corrected chi connectivity index (χ1v) is 7.94. The maximum Gasteiger partial charge on any atom is 0.181 e. The smallest absolute Gasteiger partial charge is 0.181 e. The molecular formula is C17H19N3S. The van der Waals surface area contributed by atoms with Gasteiger partial charge in [0.05, 0.1) is 10.2 Å². The Morgan fingerprint density at radius 1 is 1.19 bits per heavy atom. The summed E-state index contributed by atoms with van der Waals surface area (Å²) in [5, 5.41) is 0.633. The van der Waals surface area contributed by atoms with E-state index in [2.05, 4.69) is 66.2 Å². The zero-order valence-electron chi connectivity index (χ0n) is 12.3. The van der Waals surface area contributed by atoms with Gasteiger partial charge < -0.3 is 10.6 Å². The monoisotopic (exact) mass is 297 g/mol. The van der Waals surface area contributed by atoms with Crippen molar-refractivity contribution >= 4 is 32.4 Å². The number of nitrogens with two attached hydrogens (primary N) is 1. The van der Waals surface area contributed by atoms with E-state index < -0.39 is 0 Å². The Labute approximate surface area is 129 Å². The molecule has 3 aromatic rings. The fourth-order valence-corrected chi connectivity index (χ4v) is 3.39. The highest BCUT2D eigenvalue weighted by Crippen LogP contribution is 2.26. The number of nitrogen functional groups attached to an aromatic ring is 1. The predicted molar refractivity (Wildman–Crippen MR) is 91.9 cm³/mol. The van der Waals surface area contributed by atoms with Crippen molar-refractivity contribution in [3.8, 4) is 0 Å². The third kappa shape index (κ3) is 2.85. The summed E-state index contributed by atoms with van der Waals surface area (Å²) in [5.41, 5.74) is 10.7. The van der Waals surface area contributed by atoms with E-state index >= 15 is 0 Å². The molecule has 0 bridgehead atoms. The number of hydrogen-bond acceptors (Lipinski definition) is 4. The normalized spacial score (nSPS) is 11.0. The van der Waals surface area contributed by atoms with Gasteiger partial charge in [0.15, 0.2) is 5.13 Å². The molecule has 3 rings (SSSR count). The number of thiazole rings is 1. The first-order valence-electron chi connectivity index (χ1n) is 7.13. The van der Waals surface area contributed by atoms with Crippen LogP contribution in [0.2, 0.25) is 0 Å². The molecular weight excluding hydrogens is 278 g/mol. The SMILES string of the molecule is CCN(Cc1ccc2nc(N)sc2c1)c1ccccc1C. The summed E-state index contributed by atoms with van der Waals surface area (Å²) in [6.07, 6.45) is 0.